The lowest BCUT2D eigenvalue weighted by Gasteiger charge is -1.99. The number of carbonyl (C=O) groups is 1. The average molecular weight is 260 g/mol. The summed E-state index contributed by atoms with van der Waals surface area (Å²) in [7, 11) is 1.62. The number of carbonyl (C=O) groups excluding carboxylic acids is 1. The molecule has 0 atom stereocenters. The highest BCUT2D eigenvalue weighted by Gasteiger charge is 1.99. The van der Waals surface area contributed by atoms with Gasteiger partial charge in [-0.05, 0) is 23.8 Å². The van der Waals surface area contributed by atoms with E-state index < -0.39 is 0 Å². The van der Waals surface area contributed by atoms with Crippen molar-refractivity contribution in [3.8, 4) is 5.75 Å². The zero-order valence-electron chi connectivity index (χ0n) is 9.79. The van der Waals surface area contributed by atoms with Gasteiger partial charge >= 0.3 is 0 Å². The van der Waals surface area contributed by atoms with Gasteiger partial charge in [0.05, 0.1) is 7.11 Å². The first-order valence-corrected chi connectivity index (χ1v) is 6.18. The van der Waals surface area contributed by atoms with Crippen LogP contribution in [0.15, 0.2) is 41.9 Å². The van der Waals surface area contributed by atoms with Crippen LogP contribution in [-0.4, -0.2) is 18.0 Å². The smallest absolute Gasteiger partial charge is 0.250 e. The molecule has 0 spiro atoms. The highest BCUT2D eigenvalue weighted by molar-refractivity contribution is 7.13. The second kappa shape index (κ2) is 5.97. The van der Waals surface area contributed by atoms with Gasteiger partial charge in [0.2, 0.25) is 5.91 Å². The van der Waals surface area contributed by atoms with Crippen molar-refractivity contribution in [2.45, 2.75) is 0 Å². The SMILES string of the molecule is COc1ccc(C=CC(=O)Nc2nccs2)cc1. The Kier molecular flexibility index (Phi) is 4.09. The molecule has 0 unspecified atom stereocenters. The van der Waals surface area contributed by atoms with E-state index in [9.17, 15) is 4.79 Å². The predicted octanol–water partition coefficient (Wildman–Crippen LogP) is 2.80. The maximum atomic E-state index is 11.6. The second-order valence-electron chi connectivity index (χ2n) is 3.43. The molecule has 1 aromatic carbocycles. The molecule has 92 valence electrons. The van der Waals surface area contributed by atoms with Gasteiger partial charge in [0.15, 0.2) is 5.13 Å². The molecule has 1 aromatic heterocycles. The van der Waals surface area contributed by atoms with E-state index in [0.717, 1.165) is 11.3 Å². The van der Waals surface area contributed by atoms with Crippen molar-refractivity contribution in [2.75, 3.05) is 12.4 Å². The summed E-state index contributed by atoms with van der Waals surface area (Å²) in [5, 5.41) is 5.08. The lowest BCUT2D eigenvalue weighted by molar-refractivity contribution is -0.111. The summed E-state index contributed by atoms with van der Waals surface area (Å²) in [5.41, 5.74) is 0.935. The van der Waals surface area contributed by atoms with Gasteiger partial charge in [0.1, 0.15) is 5.75 Å². The van der Waals surface area contributed by atoms with Gasteiger partial charge in [-0.3, -0.25) is 10.1 Å². The van der Waals surface area contributed by atoms with Crippen LogP contribution in [0.2, 0.25) is 0 Å². The van der Waals surface area contributed by atoms with Gasteiger partial charge in [0, 0.05) is 17.7 Å². The molecule has 0 fully saturated rings. The number of nitrogens with zero attached hydrogens (tertiary/aromatic N) is 1. The summed E-state index contributed by atoms with van der Waals surface area (Å²) in [6.07, 6.45) is 4.86. The Balaban J connectivity index is 1.95. The normalized spacial score (nSPS) is 10.5. The Bertz CT molecular complexity index is 533. The van der Waals surface area contributed by atoms with Crippen LogP contribution in [0.25, 0.3) is 6.08 Å². The van der Waals surface area contributed by atoms with Crippen molar-refractivity contribution in [1.82, 2.24) is 4.98 Å². The summed E-state index contributed by atoms with van der Waals surface area (Å²) < 4.78 is 5.05. The Morgan fingerprint density at radius 1 is 1.39 bits per heavy atom. The molecule has 18 heavy (non-hydrogen) atoms. The van der Waals surface area contributed by atoms with Crippen LogP contribution < -0.4 is 10.1 Å². The third kappa shape index (κ3) is 3.43. The van der Waals surface area contributed by atoms with Gasteiger partial charge in [-0.2, -0.15) is 0 Å². The summed E-state index contributed by atoms with van der Waals surface area (Å²) in [5.74, 6) is 0.597. The molecule has 0 saturated carbocycles. The molecule has 1 N–H and O–H groups in total. The average Bonchev–Trinajstić information content (AvgIpc) is 2.90. The lowest BCUT2D eigenvalue weighted by Crippen LogP contribution is -2.06. The summed E-state index contributed by atoms with van der Waals surface area (Å²) in [6, 6.07) is 7.45. The van der Waals surface area contributed by atoms with E-state index in [-0.39, 0.29) is 5.91 Å². The summed E-state index contributed by atoms with van der Waals surface area (Å²) in [6.45, 7) is 0. The number of anilines is 1. The van der Waals surface area contributed by atoms with Crippen molar-refractivity contribution in [3.63, 3.8) is 0 Å². The fourth-order valence-electron chi connectivity index (χ4n) is 1.32. The Labute approximate surface area is 109 Å². The molecule has 4 nitrogen and oxygen atoms in total. The van der Waals surface area contributed by atoms with Crippen LogP contribution >= 0.6 is 11.3 Å². The number of rotatable bonds is 4. The second-order valence-corrected chi connectivity index (χ2v) is 4.33. The molecule has 0 aliphatic carbocycles. The van der Waals surface area contributed by atoms with E-state index in [1.807, 2.05) is 29.6 Å². The summed E-state index contributed by atoms with van der Waals surface area (Å²) >= 11 is 1.38. The fourth-order valence-corrected chi connectivity index (χ4v) is 1.85. The molecular formula is C13H12N2O2S. The molecule has 2 aromatic rings. The van der Waals surface area contributed by atoms with Crippen LogP contribution in [0.1, 0.15) is 5.56 Å². The Morgan fingerprint density at radius 3 is 2.78 bits per heavy atom. The van der Waals surface area contributed by atoms with Gasteiger partial charge in [-0.1, -0.05) is 12.1 Å². The van der Waals surface area contributed by atoms with Crippen molar-refractivity contribution < 1.29 is 9.53 Å². The number of ether oxygens (including phenoxy) is 1. The number of methoxy groups -OCH3 is 1. The number of thiazole rings is 1. The van der Waals surface area contributed by atoms with Crippen molar-refractivity contribution >= 4 is 28.5 Å². The molecular weight excluding hydrogens is 248 g/mol. The van der Waals surface area contributed by atoms with E-state index in [1.165, 1.54) is 17.4 Å². The number of benzene rings is 1. The minimum absolute atomic E-state index is 0.194. The third-order valence-electron chi connectivity index (χ3n) is 2.21. The largest absolute Gasteiger partial charge is 0.497 e. The molecule has 2 rings (SSSR count). The van der Waals surface area contributed by atoms with E-state index in [0.29, 0.717) is 5.13 Å². The number of hydrogen-bond donors (Lipinski definition) is 1. The van der Waals surface area contributed by atoms with E-state index in [2.05, 4.69) is 10.3 Å². The van der Waals surface area contributed by atoms with Gasteiger partial charge in [0.25, 0.3) is 0 Å². The first-order valence-electron chi connectivity index (χ1n) is 5.30. The Morgan fingerprint density at radius 2 is 2.17 bits per heavy atom. The maximum absolute atomic E-state index is 11.6. The van der Waals surface area contributed by atoms with Gasteiger partial charge in [-0.25, -0.2) is 4.98 Å². The molecule has 0 radical (unpaired) electrons. The predicted molar refractivity (Wildman–Crippen MR) is 72.8 cm³/mol. The third-order valence-corrected chi connectivity index (χ3v) is 2.89. The van der Waals surface area contributed by atoms with E-state index in [4.69, 9.17) is 4.74 Å². The molecule has 1 heterocycles. The van der Waals surface area contributed by atoms with Crippen LogP contribution in [0.3, 0.4) is 0 Å². The van der Waals surface area contributed by atoms with E-state index in [1.54, 1.807) is 19.4 Å². The van der Waals surface area contributed by atoms with Gasteiger partial charge in [-0.15, -0.1) is 11.3 Å². The van der Waals surface area contributed by atoms with E-state index >= 15 is 0 Å². The molecule has 0 saturated heterocycles. The lowest BCUT2D eigenvalue weighted by atomic mass is 10.2. The zero-order valence-corrected chi connectivity index (χ0v) is 10.6. The first-order chi connectivity index (χ1) is 8.78. The van der Waals surface area contributed by atoms with Gasteiger partial charge < -0.3 is 4.74 Å². The van der Waals surface area contributed by atoms with Crippen LogP contribution in [0.5, 0.6) is 5.75 Å². The minimum atomic E-state index is -0.194. The van der Waals surface area contributed by atoms with Crippen molar-refractivity contribution in [3.05, 3.63) is 47.5 Å². The highest BCUT2D eigenvalue weighted by atomic mass is 32.1. The number of aromatic nitrogens is 1. The maximum Gasteiger partial charge on any atom is 0.250 e. The molecule has 5 heteroatoms. The Hall–Kier alpha value is -2.14. The zero-order chi connectivity index (χ0) is 12.8. The fraction of sp³-hybridized carbons (Fsp3) is 0.0769. The molecule has 0 bridgehead atoms. The number of nitrogens with one attached hydrogen (secondary N) is 1. The van der Waals surface area contributed by atoms with Crippen molar-refractivity contribution in [2.24, 2.45) is 0 Å². The molecule has 0 aliphatic rings. The van der Waals surface area contributed by atoms with Crippen LogP contribution in [0.4, 0.5) is 5.13 Å². The number of amides is 1. The summed E-state index contributed by atoms with van der Waals surface area (Å²) in [4.78, 5) is 15.5. The quantitative estimate of drug-likeness (QED) is 0.860. The highest BCUT2D eigenvalue weighted by Crippen LogP contribution is 2.13. The monoisotopic (exact) mass is 260 g/mol. The first kappa shape index (κ1) is 12.3. The van der Waals surface area contributed by atoms with Crippen LogP contribution in [0, 0.1) is 0 Å². The molecule has 0 aliphatic heterocycles. The van der Waals surface area contributed by atoms with Crippen LogP contribution in [-0.2, 0) is 4.79 Å². The standard InChI is InChI=1S/C13H12N2O2S/c1-17-11-5-2-10(3-6-11)4-7-12(16)15-13-14-8-9-18-13/h2-9H,1H3,(H,14,15,16). The topological polar surface area (TPSA) is 51.2 Å². The van der Waals surface area contributed by atoms with Crippen molar-refractivity contribution in [1.29, 1.82) is 0 Å². The minimum Gasteiger partial charge on any atom is -0.497 e. The molecule has 1 amide bonds. The number of hydrogen-bond acceptors (Lipinski definition) is 4.